The molecule has 27 heavy (non-hydrogen) atoms. The quantitative estimate of drug-likeness (QED) is 0.771. The van der Waals surface area contributed by atoms with Crippen molar-refractivity contribution < 1.29 is 14.4 Å². The average Bonchev–Trinajstić information content (AvgIpc) is 2.67. The third-order valence-electron chi connectivity index (χ3n) is 4.77. The fourth-order valence-electron chi connectivity index (χ4n) is 3.11. The molecule has 1 aromatic rings. The van der Waals surface area contributed by atoms with Gasteiger partial charge in [0.05, 0.1) is 0 Å². The standard InChI is InChI=1S/C21H31N3O3/c1-4-5-19(25)24-12-10-17(11-13-24)21(27)23-18-8-6-16(7-9-18)20(26)22-14-15(2)3/h6-9,15,17H,4-5,10-14H2,1-3H3,(H,22,26)(H,23,27). The maximum Gasteiger partial charge on any atom is 0.251 e. The van der Waals surface area contributed by atoms with Crippen molar-refractivity contribution in [2.24, 2.45) is 11.8 Å². The first-order valence-corrected chi connectivity index (χ1v) is 9.87. The van der Waals surface area contributed by atoms with E-state index in [0.29, 0.717) is 56.1 Å². The summed E-state index contributed by atoms with van der Waals surface area (Å²) in [5.74, 6) is 0.379. The summed E-state index contributed by atoms with van der Waals surface area (Å²) in [4.78, 5) is 38.3. The maximum atomic E-state index is 12.5. The molecular formula is C21H31N3O3. The van der Waals surface area contributed by atoms with E-state index in [1.165, 1.54) is 0 Å². The molecule has 6 heteroatoms. The molecule has 0 aromatic heterocycles. The van der Waals surface area contributed by atoms with Gasteiger partial charge in [-0.3, -0.25) is 14.4 Å². The van der Waals surface area contributed by atoms with Crippen LogP contribution in [-0.2, 0) is 9.59 Å². The van der Waals surface area contributed by atoms with Crippen molar-refractivity contribution in [2.75, 3.05) is 25.0 Å². The number of hydrogen-bond donors (Lipinski definition) is 2. The molecule has 0 aliphatic carbocycles. The van der Waals surface area contributed by atoms with Gasteiger partial charge in [0.15, 0.2) is 0 Å². The first kappa shape index (κ1) is 20.9. The van der Waals surface area contributed by atoms with Crippen molar-refractivity contribution in [2.45, 2.75) is 46.5 Å². The maximum absolute atomic E-state index is 12.5. The van der Waals surface area contributed by atoms with Gasteiger partial charge < -0.3 is 15.5 Å². The van der Waals surface area contributed by atoms with Crippen LogP contribution >= 0.6 is 0 Å². The minimum Gasteiger partial charge on any atom is -0.352 e. The number of piperidine rings is 1. The van der Waals surface area contributed by atoms with Gasteiger partial charge in [0.25, 0.3) is 5.91 Å². The van der Waals surface area contributed by atoms with Gasteiger partial charge in [-0.1, -0.05) is 20.8 Å². The Morgan fingerprint density at radius 1 is 1.11 bits per heavy atom. The number of anilines is 1. The van der Waals surface area contributed by atoms with Crippen molar-refractivity contribution in [1.29, 1.82) is 0 Å². The number of nitrogens with zero attached hydrogens (tertiary/aromatic N) is 1. The van der Waals surface area contributed by atoms with E-state index >= 15 is 0 Å². The lowest BCUT2D eigenvalue weighted by Crippen LogP contribution is -2.41. The van der Waals surface area contributed by atoms with Crippen LogP contribution in [0.4, 0.5) is 5.69 Å². The van der Waals surface area contributed by atoms with Crippen molar-refractivity contribution in [3.05, 3.63) is 29.8 Å². The summed E-state index contributed by atoms with van der Waals surface area (Å²) >= 11 is 0. The van der Waals surface area contributed by atoms with Crippen molar-refractivity contribution >= 4 is 23.4 Å². The summed E-state index contributed by atoms with van der Waals surface area (Å²) in [7, 11) is 0. The monoisotopic (exact) mass is 373 g/mol. The van der Waals surface area contributed by atoms with E-state index in [0.717, 1.165) is 6.42 Å². The minimum atomic E-state index is -0.106. The smallest absolute Gasteiger partial charge is 0.251 e. The van der Waals surface area contributed by atoms with E-state index in [9.17, 15) is 14.4 Å². The zero-order valence-electron chi connectivity index (χ0n) is 16.6. The number of hydrogen-bond acceptors (Lipinski definition) is 3. The van der Waals surface area contributed by atoms with Gasteiger partial charge in [0.1, 0.15) is 0 Å². The summed E-state index contributed by atoms with van der Waals surface area (Å²) in [6.07, 6.45) is 2.81. The van der Waals surface area contributed by atoms with E-state index < -0.39 is 0 Å². The molecule has 1 aliphatic rings. The third kappa shape index (κ3) is 6.38. The van der Waals surface area contributed by atoms with Gasteiger partial charge in [-0.15, -0.1) is 0 Å². The molecule has 2 N–H and O–H groups in total. The van der Waals surface area contributed by atoms with Crippen LogP contribution in [0, 0.1) is 11.8 Å². The highest BCUT2D eigenvalue weighted by Crippen LogP contribution is 2.20. The van der Waals surface area contributed by atoms with Crippen LogP contribution in [-0.4, -0.2) is 42.3 Å². The molecule has 1 aliphatic heterocycles. The number of likely N-dealkylation sites (tertiary alicyclic amines) is 1. The van der Waals surface area contributed by atoms with Crippen LogP contribution in [0.1, 0.15) is 56.8 Å². The van der Waals surface area contributed by atoms with Gasteiger partial charge in [-0.2, -0.15) is 0 Å². The largest absolute Gasteiger partial charge is 0.352 e. The van der Waals surface area contributed by atoms with Gasteiger partial charge >= 0.3 is 0 Å². The fourth-order valence-corrected chi connectivity index (χ4v) is 3.11. The van der Waals surface area contributed by atoms with Gasteiger partial charge in [0, 0.05) is 43.2 Å². The van der Waals surface area contributed by atoms with Crippen LogP contribution in [0.2, 0.25) is 0 Å². The Bertz CT molecular complexity index is 647. The molecule has 3 amide bonds. The van der Waals surface area contributed by atoms with Crippen molar-refractivity contribution in [1.82, 2.24) is 10.2 Å². The predicted molar refractivity (Wildman–Crippen MR) is 106 cm³/mol. The molecular weight excluding hydrogens is 342 g/mol. The Hall–Kier alpha value is -2.37. The molecule has 1 fully saturated rings. The Morgan fingerprint density at radius 3 is 2.30 bits per heavy atom. The van der Waals surface area contributed by atoms with Gasteiger partial charge in [-0.05, 0) is 49.4 Å². The van der Waals surface area contributed by atoms with Gasteiger partial charge in [-0.25, -0.2) is 0 Å². The lowest BCUT2D eigenvalue weighted by molar-refractivity contribution is -0.134. The minimum absolute atomic E-state index is 0.0189. The lowest BCUT2D eigenvalue weighted by atomic mass is 9.95. The average molecular weight is 373 g/mol. The molecule has 148 valence electrons. The van der Waals surface area contributed by atoms with Crippen LogP contribution in [0.5, 0.6) is 0 Å². The SMILES string of the molecule is CCCC(=O)N1CCC(C(=O)Nc2ccc(C(=O)NCC(C)C)cc2)CC1. The zero-order valence-corrected chi connectivity index (χ0v) is 16.6. The van der Waals surface area contributed by atoms with Crippen LogP contribution in [0.15, 0.2) is 24.3 Å². The molecule has 0 bridgehead atoms. The number of carbonyl (C=O) groups excluding carboxylic acids is 3. The first-order chi connectivity index (χ1) is 12.9. The highest BCUT2D eigenvalue weighted by atomic mass is 16.2. The summed E-state index contributed by atoms with van der Waals surface area (Å²) < 4.78 is 0. The van der Waals surface area contributed by atoms with Gasteiger partial charge in [0.2, 0.25) is 11.8 Å². The van der Waals surface area contributed by atoms with Crippen molar-refractivity contribution in [3.63, 3.8) is 0 Å². The molecule has 1 heterocycles. The molecule has 1 saturated heterocycles. The van der Waals surface area contributed by atoms with E-state index in [1.54, 1.807) is 24.3 Å². The van der Waals surface area contributed by atoms with Crippen molar-refractivity contribution in [3.8, 4) is 0 Å². The van der Waals surface area contributed by atoms with Crippen LogP contribution < -0.4 is 10.6 Å². The Balaban J connectivity index is 1.82. The number of carbonyl (C=O) groups is 3. The molecule has 0 atom stereocenters. The molecule has 6 nitrogen and oxygen atoms in total. The fraction of sp³-hybridized carbons (Fsp3) is 0.571. The van der Waals surface area contributed by atoms with Crippen LogP contribution in [0.3, 0.4) is 0 Å². The molecule has 0 unspecified atom stereocenters. The zero-order chi connectivity index (χ0) is 19.8. The summed E-state index contributed by atoms with van der Waals surface area (Å²) in [6, 6.07) is 6.94. The van der Waals surface area contributed by atoms with Crippen LogP contribution in [0.25, 0.3) is 0 Å². The van der Waals surface area contributed by atoms with E-state index in [4.69, 9.17) is 0 Å². The second-order valence-corrected chi connectivity index (χ2v) is 7.58. The Morgan fingerprint density at radius 2 is 1.74 bits per heavy atom. The molecule has 1 aromatic carbocycles. The Labute approximate surface area is 161 Å². The Kier molecular flexibility index (Phi) is 7.82. The third-order valence-corrected chi connectivity index (χ3v) is 4.77. The number of rotatable bonds is 7. The highest BCUT2D eigenvalue weighted by Gasteiger charge is 2.27. The second-order valence-electron chi connectivity index (χ2n) is 7.58. The highest BCUT2D eigenvalue weighted by molar-refractivity contribution is 5.96. The second kappa shape index (κ2) is 10.1. The lowest BCUT2D eigenvalue weighted by Gasteiger charge is -2.31. The normalized spacial score (nSPS) is 14.9. The predicted octanol–water partition coefficient (Wildman–Crippen LogP) is 3.05. The molecule has 0 saturated carbocycles. The van der Waals surface area contributed by atoms with E-state index in [1.807, 2.05) is 25.7 Å². The summed E-state index contributed by atoms with van der Waals surface area (Å²) in [5, 5.41) is 5.80. The molecule has 2 rings (SSSR count). The molecule has 0 radical (unpaired) electrons. The summed E-state index contributed by atoms with van der Waals surface area (Å²) in [6.45, 7) is 8.01. The number of amides is 3. The number of benzene rings is 1. The van der Waals surface area contributed by atoms with E-state index in [-0.39, 0.29) is 23.6 Å². The summed E-state index contributed by atoms with van der Waals surface area (Å²) in [5.41, 5.74) is 1.27. The molecule has 0 spiro atoms. The topological polar surface area (TPSA) is 78.5 Å². The number of nitrogens with one attached hydrogen (secondary N) is 2. The van der Waals surface area contributed by atoms with E-state index in [2.05, 4.69) is 10.6 Å². The first-order valence-electron chi connectivity index (χ1n) is 9.87.